The molecule has 0 saturated heterocycles. The summed E-state index contributed by atoms with van der Waals surface area (Å²) in [6.45, 7) is 6.68. The van der Waals surface area contributed by atoms with Gasteiger partial charge >= 0.3 is 0 Å². The van der Waals surface area contributed by atoms with E-state index >= 15 is 0 Å². The lowest BCUT2D eigenvalue weighted by molar-refractivity contribution is 0.555. The van der Waals surface area contributed by atoms with Crippen LogP contribution in [0.15, 0.2) is 29.6 Å². The van der Waals surface area contributed by atoms with Gasteiger partial charge in [-0.25, -0.2) is 0 Å². The molecule has 0 bridgehead atoms. The summed E-state index contributed by atoms with van der Waals surface area (Å²) in [7, 11) is 0. The molecule has 1 nitrogen and oxygen atoms in total. The van der Waals surface area contributed by atoms with Crippen molar-refractivity contribution in [3.8, 4) is 0 Å². The predicted molar refractivity (Wildman–Crippen MR) is 73.2 cm³/mol. The molecule has 16 heavy (non-hydrogen) atoms. The van der Waals surface area contributed by atoms with Crippen LogP contribution >= 0.6 is 11.3 Å². The first-order valence-corrected chi connectivity index (χ1v) is 6.81. The SMILES string of the molecule is CC(C)CNCCc1csc2ccccc12. The average Bonchev–Trinajstić information content (AvgIpc) is 2.68. The van der Waals surface area contributed by atoms with Crippen LogP contribution < -0.4 is 5.32 Å². The monoisotopic (exact) mass is 233 g/mol. The normalized spacial score (nSPS) is 11.4. The highest BCUT2D eigenvalue weighted by atomic mass is 32.1. The van der Waals surface area contributed by atoms with Crippen LogP contribution in [0.1, 0.15) is 19.4 Å². The first kappa shape index (κ1) is 11.6. The smallest absolute Gasteiger partial charge is 0.0345 e. The van der Waals surface area contributed by atoms with Crippen LogP contribution in [0.3, 0.4) is 0 Å². The summed E-state index contributed by atoms with van der Waals surface area (Å²) in [4.78, 5) is 0. The van der Waals surface area contributed by atoms with E-state index in [1.807, 2.05) is 11.3 Å². The lowest BCUT2D eigenvalue weighted by atomic mass is 10.1. The Morgan fingerprint density at radius 3 is 2.88 bits per heavy atom. The number of rotatable bonds is 5. The maximum Gasteiger partial charge on any atom is 0.0345 e. The van der Waals surface area contributed by atoms with E-state index in [1.165, 1.54) is 15.6 Å². The molecular formula is C14H19NS. The molecule has 86 valence electrons. The minimum Gasteiger partial charge on any atom is -0.316 e. The maximum atomic E-state index is 3.49. The molecule has 1 aromatic carbocycles. The van der Waals surface area contributed by atoms with Gasteiger partial charge in [0, 0.05) is 4.70 Å². The zero-order valence-corrected chi connectivity index (χ0v) is 10.8. The Hall–Kier alpha value is -0.860. The first-order chi connectivity index (χ1) is 7.77. The summed E-state index contributed by atoms with van der Waals surface area (Å²) in [5.74, 6) is 0.735. The molecule has 2 aromatic rings. The van der Waals surface area contributed by atoms with E-state index in [0.717, 1.165) is 25.4 Å². The molecule has 0 aliphatic rings. The molecule has 0 aliphatic heterocycles. The Labute approximate surface area is 101 Å². The zero-order chi connectivity index (χ0) is 11.4. The molecule has 2 heteroatoms. The Bertz CT molecular complexity index is 445. The Morgan fingerprint density at radius 1 is 1.25 bits per heavy atom. The van der Waals surface area contributed by atoms with Crippen LogP contribution in [-0.4, -0.2) is 13.1 Å². The van der Waals surface area contributed by atoms with Crippen molar-refractivity contribution in [2.24, 2.45) is 5.92 Å². The molecule has 0 amide bonds. The molecule has 0 unspecified atom stereocenters. The Morgan fingerprint density at radius 2 is 2.06 bits per heavy atom. The fraction of sp³-hybridized carbons (Fsp3) is 0.429. The molecule has 0 aliphatic carbocycles. The topological polar surface area (TPSA) is 12.0 Å². The fourth-order valence-corrected chi connectivity index (χ4v) is 2.84. The van der Waals surface area contributed by atoms with Gasteiger partial charge in [-0.15, -0.1) is 11.3 Å². The minimum absolute atomic E-state index is 0.735. The highest BCUT2D eigenvalue weighted by molar-refractivity contribution is 7.17. The van der Waals surface area contributed by atoms with Crippen LogP contribution in [0.25, 0.3) is 10.1 Å². The Kier molecular flexibility index (Phi) is 3.97. The molecule has 1 aromatic heterocycles. The Balaban J connectivity index is 1.94. The third kappa shape index (κ3) is 2.83. The summed E-state index contributed by atoms with van der Waals surface area (Å²) >= 11 is 1.85. The molecule has 0 saturated carbocycles. The number of hydrogen-bond acceptors (Lipinski definition) is 2. The highest BCUT2D eigenvalue weighted by Gasteiger charge is 2.02. The predicted octanol–water partition coefficient (Wildman–Crippen LogP) is 3.69. The molecule has 0 spiro atoms. The van der Waals surface area contributed by atoms with Crippen LogP contribution in [0, 0.1) is 5.92 Å². The third-order valence-electron chi connectivity index (χ3n) is 2.68. The van der Waals surface area contributed by atoms with E-state index < -0.39 is 0 Å². The summed E-state index contributed by atoms with van der Waals surface area (Å²) in [6, 6.07) is 8.66. The third-order valence-corrected chi connectivity index (χ3v) is 3.70. The van der Waals surface area contributed by atoms with E-state index in [2.05, 4.69) is 48.8 Å². The van der Waals surface area contributed by atoms with E-state index in [-0.39, 0.29) is 0 Å². The van der Waals surface area contributed by atoms with Crippen LogP contribution in [0.5, 0.6) is 0 Å². The quantitative estimate of drug-likeness (QED) is 0.777. The number of benzene rings is 1. The molecule has 0 fully saturated rings. The van der Waals surface area contributed by atoms with Gasteiger partial charge in [-0.2, -0.15) is 0 Å². The minimum atomic E-state index is 0.735. The van der Waals surface area contributed by atoms with Gasteiger partial charge in [-0.1, -0.05) is 32.0 Å². The van der Waals surface area contributed by atoms with Gasteiger partial charge in [0.1, 0.15) is 0 Å². The summed E-state index contributed by atoms with van der Waals surface area (Å²) in [6.07, 6.45) is 1.14. The van der Waals surface area contributed by atoms with Crippen molar-refractivity contribution in [1.82, 2.24) is 5.32 Å². The molecule has 1 heterocycles. The number of fused-ring (bicyclic) bond motifs is 1. The average molecular weight is 233 g/mol. The second-order valence-corrected chi connectivity index (χ2v) is 5.52. The summed E-state index contributed by atoms with van der Waals surface area (Å²) in [5.41, 5.74) is 1.48. The van der Waals surface area contributed by atoms with Crippen LogP contribution in [-0.2, 0) is 6.42 Å². The largest absolute Gasteiger partial charge is 0.316 e. The van der Waals surface area contributed by atoms with Gasteiger partial charge in [0.2, 0.25) is 0 Å². The van der Waals surface area contributed by atoms with Gasteiger partial charge in [-0.05, 0) is 47.8 Å². The van der Waals surface area contributed by atoms with Gasteiger partial charge in [0.15, 0.2) is 0 Å². The number of thiophene rings is 1. The van der Waals surface area contributed by atoms with Crippen molar-refractivity contribution in [3.05, 3.63) is 35.2 Å². The zero-order valence-electron chi connectivity index (χ0n) is 9.99. The molecule has 0 atom stereocenters. The van der Waals surface area contributed by atoms with Gasteiger partial charge < -0.3 is 5.32 Å². The van der Waals surface area contributed by atoms with Gasteiger partial charge in [0.25, 0.3) is 0 Å². The van der Waals surface area contributed by atoms with E-state index in [4.69, 9.17) is 0 Å². The van der Waals surface area contributed by atoms with Crippen molar-refractivity contribution < 1.29 is 0 Å². The number of hydrogen-bond donors (Lipinski definition) is 1. The summed E-state index contributed by atoms with van der Waals surface area (Å²) in [5, 5.41) is 7.22. The van der Waals surface area contributed by atoms with Gasteiger partial charge in [-0.3, -0.25) is 0 Å². The van der Waals surface area contributed by atoms with Crippen molar-refractivity contribution in [3.63, 3.8) is 0 Å². The fourth-order valence-electron chi connectivity index (χ4n) is 1.84. The van der Waals surface area contributed by atoms with E-state index in [1.54, 1.807) is 0 Å². The van der Waals surface area contributed by atoms with Crippen molar-refractivity contribution in [2.75, 3.05) is 13.1 Å². The molecule has 1 N–H and O–H groups in total. The maximum absolute atomic E-state index is 3.49. The second kappa shape index (κ2) is 5.46. The van der Waals surface area contributed by atoms with Crippen molar-refractivity contribution >= 4 is 21.4 Å². The lowest BCUT2D eigenvalue weighted by Gasteiger charge is -2.06. The second-order valence-electron chi connectivity index (χ2n) is 4.61. The molecule has 0 radical (unpaired) electrons. The van der Waals surface area contributed by atoms with Crippen molar-refractivity contribution in [1.29, 1.82) is 0 Å². The lowest BCUT2D eigenvalue weighted by Crippen LogP contribution is -2.21. The standard InChI is InChI=1S/C14H19NS/c1-11(2)9-15-8-7-12-10-16-14-6-4-3-5-13(12)14/h3-6,10-11,15H,7-9H2,1-2H3. The first-order valence-electron chi connectivity index (χ1n) is 5.93. The van der Waals surface area contributed by atoms with E-state index in [9.17, 15) is 0 Å². The molecular weight excluding hydrogens is 214 g/mol. The van der Waals surface area contributed by atoms with Crippen LogP contribution in [0.2, 0.25) is 0 Å². The summed E-state index contributed by atoms with van der Waals surface area (Å²) < 4.78 is 1.40. The van der Waals surface area contributed by atoms with Gasteiger partial charge in [0.05, 0.1) is 0 Å². The molecule has 2 rings (SSSR count). The number of nitrogens with one attached hydrogen (secondary N) is 1. The van der Waals surface area contributed by atoms with Crippen molar-refractivity contribution in [2.45, 2.75) is 20.3 Å². The highest BCUT2D eigenvalue weighted by Crippen LogP contribution is 2.25. The van der Waals surface area contributed by atoms with E-state index in [0.29, 0.717) is 0 Å². The van der Waals surface area contributed by atoms with Crippen LogP contribution in [0.4, 0.5) is 0 Å².